The monoisotopic (exact) mass is 201 g/mol. The van der Waals surface area contributed by atoms with Crippen molar-refractivity contribution in [3.05, 3.63) is 0 Å². The number of hydrogen-bond donors (Lipinski definition) is 0. The third-order valence-corrected chi connectivity index (χ3v) is 3.06. The van der Waals surface area contributed by atoms with Gasteiger partial charge < -0.3 is 4.74 Å². The Morgan fingerprint density at radius 1 is 1.14 bits per heavy atom. The molecule has 1 unspecified atom stereocenters. The van der Waals surface area contributed by atoms with Gasteiger partial charge in [0, 0.05) is 12.5 Å². The van der Waals surface area contributed by atoms with Gasteiger partial charge in [-0.05, 0) is 19.8 Å². The smallest absolute Gasteiger partial charge is 0.103 e. The molecule has 0 aliphatic heterocycles. The van der Waals surface area contributed by atoms with Crippen LogP contribution in [0.3, 0.4) is 0 Å². The summed E-state index contributed by atoms with van der Waals surface area (Å²) in [7, 11) is 0. The van der Waals surface area contributed by atoms with Crippen LogP contribution in [-0.2, 0) is 9.84 Å². The molecular weight excluding hydrogens is 176 g/mol. The first-order chi connectivity index (χ1) is 6.41. The SMILES string of the molecule is CCC(CC)COCC(C)C(C)(C)[O]. The maximum atomic E-state index is 11.5. The minimum atomic E-state index is -0.881. The lowest BCUT2D eigenvalue weighted by atomic mass is 9.94. The van der Waals surface area contributed by atoms with Crippen LogP contribution in [0.15, 0.2) is 0 Å². The maximum absolute atomic E-state index is 11.5. The molecule has 0 N–H and O–H groups in total. The molecule has 0 fully saturated rings. The molecule has 0 aliphatic rings. The molecule has 0 bridgehead atoms. The summed E-state index contributed by atoms with van der Waals surface area (Å²) in [5, 5.41) is 11.5. The molecule has 0 aromatic heterocycles. The normalized spacial score (nSPS) is 14.8. The van der Waals surface area contributed by atoms with Crippen molar-refractivity contribution < 1.29 is 9.84 Å². The predicted molar refractivity (Wildman–Crippen MR) is 58.8 cm³/mol. The fourth-order valence-corrected chi connectivity index (χ4v) is 1.14. The van der Waals surface area contributed by atoms with Gasteiger partial charge in [0.25, 0.3) is 0 Å². The minimum Gasteiger partial charge on any atom is -0.381 e. The highest BCUT2D eigenvalue weighted by Gasteiger charge is 2.24. The van der Waals surface area contributed by atoms with E-state index in [2.05, 4.69) is 13.8 Å². The van der Waals surface area contributed by atoms with Crippen LogP contribution < -0.4 is 0 Å². The van der Waals surface area contributed by atoms with E-state index in [1.165, 1.54) is 0 Å². The van der Waals surface area contributed by atoms with Gasteiger partial charge in [0.2, 0.25) is 0 Å². The van der Waals surface area contributed by atoms with Gasteiger partial charge in [0.05, 0.1) is 6.61 Å². The quantitative estimate of drug-likeness (QED) is 0.621. The fourth-order valence-electron chi connectivity index (χ4n) is 1.14. The van der Waals surface area contributed by atoms with Crippen LogP contribution in [0, 0.1) is 11.8 Å². The molecule has 0 saturated heterocycles. The lowest BCUT2D eigenvalue weighted by molar-refractivity contribution is -0.0719. The summed E-state index contributed by atoms with van der Waals surface area (Å²) in [5.74, 6) is 0.730. The van der Waals surface area contributed by atoms with E-state index in [1.54, 1.807) is 13.8 Å². The van der Waals surface area contributed by atoms with Crippen molar-refractivity contribution in [3.8, 4) is 0 Å². The lowest BCUT2D eigenvalue weighted by Crippen LogP contribution is -2.31. The van der Waals surface area contributed by atoms with Gasteiger partial charge in [0.15, 0.2) is 0 Å². The average Bonchev–Trinajstić information content (AvgIpc) is 2.10. The zero-order valence-corrected chi connectivity index (χ0v) is 10.3. The summed E-state index contributed by atoms with van der Waals surface area (Å²) in [4.78, 5) is 0. The number of ether oxygens (including phenoxy) is 1. The Labute approximate surface area is 88.7 Å². The van der Waals surface area contributed by atoms with Crippen LogP contribution in [0.1, 0.15) is 47.5 Å². The van der Waals surface area contributed by atoms with E-state index in [-0.39, 0.29) is 5.92 Å². The first kappa shape index (κ1) is 13.9. The first-order valence-corrected chi connectivity index (χ1v) is 5.69. The second-order valence-corrected chi connectivity index (χ2v) is 4.72. The zero-order valence-electron chi connectivity index (χ0n) is 10.3. The van der Waals surface area contributed by atoms with Crippen molar-refractivity contribution in [2.24, 2.45) is 11.8 Å². The Hall–Kier alpha value is -0.0800. The van der Waals surface area contributed by atoms with Gasteiger partial charge in [-0.1, -0.05) is 33.6 Å². The van der Waals surface area contributed by atoms with E-state index < -0.39 is 5.60 Å². The van der Waals surface area contributed by atoms with Crippen molar-refractivity contribution in [3.63, 3.8) is 0 Å². The summed E-state index contributed by atoms with van der Waals surface area (Å²) in [5.41, 5.74) is -0.881. The van der Waals surface area contributed by atoms with E-state index in [0.717, 1.165) is 19.4 Å². The Morgan fingerprint density at radius 2 is 1.64 bits per heavy atom. The molecule has 0 rings (SSSR count). The van der Waals surface area contributed by atoms with Crippen molar-refractivity contribution in [1.82, 2.24) is 0 Å². The molecule has 1 atom stereocenters. The standard InChI is InChI=1S/C12H25O2/c1-6-11(7-2)9-14-8-10(3)12(4,5)13/h10-11H,6-9H2,1-5H3. The summed E-state index contributed by atoms with van der Waals surface area (Å²) in [6.45, 7) is 11.1. The Kier molecular flexibility index (Phi) is 6.38. The highest BCUT2D eigenvalue weighted by Crippen LogP contribution is 2.17. The Morgan fingerprint density at radius 3 is 2.00 bits per heavy atom. The van der Waals surface area contributed by atoms with Crippen molar-refractivity contribution in [2.45, 2.75) is 53.1 Å². The molecule has 0 amide bonds. The van der Waals surface area contributed by atoms with Gasteiger partial charge in [-0.2, -0.15) is 0 Å². The topological polar surface area (TPSA) is 29.1 Å². The lowest BCUT2D eigenvalue weighted by Gasteiger charge is -2.24. The highest BCUT2D eigenvalue weighted by molar-refractivity contribution is 4.72. The summed E-state index contributed by atoms with van der Waals surface area (Å²) in [6.07, 6.45) is 2.32. The second-order valence-electron chi connectivity index (χ2n) is 4.72. The first-order valence-electron chi connectivity index (χ1n) is 5.69. The molecule has 85 valence electrons. The molecule has 0 aliphatic carbocycles. The molecule has 14 heavy (non-hydrogen) atoms. The molecule has 2 heteroatoms. The predicted octanol–water partition coefficient (Wildman–Crippen LogP) is 3.28. The molecule has 2 nitrogen and oxygen atoms in total. The van der Waals surface area contributed by atoms with E-state index in [0.29, 0.717) is 12.5 Å². The van der Waals surface area contributed by atoms with Crippen molar-refractivity contribution in [1.29, 1.82) is 0 Å². The molecule has 1 radical (unpaired) electrons. The maximum Gasteiger partial charge on any atom is 0.103 e. The largest absolute Gasteiger partial charge is 0.381 e. The zero-order chi connectivity index (χ0) is 11.2. The van der Waals surface area contributed by atoms with Gasteiger partial charge in [-0.15, -0.1) is 0 Å². The van der Waals surface area contributed by atoms with Gasteiger partial charge in [0.1, 0.15) is 5.60 Å². The van der Waals surface area contributed by atoms with Crippen molar-refractivity contribution in [2.75, 3.05) is 13.2 Å². The third-order valence-electron chi connectivity index (χ3n) is 3.06. The highest BCUT2D eigenvalue weighted by atomic mass is 16.5. The Balaban J connectivity index is 3.63. The van der Waals surface area contributed by atoms with Gasteiger partial charge in [-0.25, -0.2) is 5.11 Å². The third kappa shape index (κ3) is 5.61. The summed E-state index contributed by atoms with van der Waals surface area (Å²) >= 11 is 0. The van der Waals surface area contributed by atoms with E-state index in [9.17, 15) is 5.11 Å². The Bertz CT molecular complexity index is 134. The van der Waals surface area contributed by atoms with Crippen LogP contribution in [0.4, 0.5) is 0 Å². The molecule has 0 heterocycles. The van der Waals surface area contributed by atoms with Crippen LogP contribution >= 0.6 is 0 Å². The average molecular weight is 201 g/mol. The van der Waals surface area contributed by atoms with Crippen LogP contribution in [0.5, 0.6) is 0 Å². The van der Waals surface area contributed by atoms with E-state index in [1.807, 2.05) is 6.92 Å². The van der Waals surface area contributed by atoms with Crippen LogP contribution in [-0.4, -0.2) is 18.8 Å². The fraction of sp³-hybridized carbons (Fsp3) is 1.00. The second kappa shape index (κ2) is 6.41. The summed E-state index contributed by atoms with van der Waals surface area (Å²) < 4.78 is 5.57. The molecular formula is C12H25O2. The van der Waals surface area contributed by atoms with Crippen LogP contribution in [0.2, 0.25) is 0 Å². The minimum absolute atomic E-state index is 0.0804. The molecule has 0 saturated carbocycles. The van der Waals surface area contributed by atoms with Gasteiger partial charge >= 0.3 is 0 Å². The van der Waals surface area contributed by atoms with Crippen LogP contribution in [0.25, 0.3) is 0 Å². The number of rotatable bonds is 7. The molecule has 0 aromatic rings. The van der Waals surface area contributed by atoms with E-state index in [4.69, 9.17) is 4.74 Å². The molecule has 0 spiro atoms. The number of hydrogen-bond acceptors (Lipinski definition) is 1. The molecule has 0 aromatic carbocycles. The van der Waals surface area contributed by atoms with Gasteiger partial charge in [-0.3, -0.25) is 0 Å². The van der Waals surface area contributed by atoms with E-state index >= 15 is 0 Å². The summed E-state index contributed by atoms with van der Waals surface area (Å²) in [6, 6.07) is 0. The van der Waals surface area contributed by atoms with Crippen molar-refractivity contribution >= 4 is 0 Å².